The van der Waals surface area contributed by atoms with Gasteiger partial charge in [-0.25, -0.2) is 0 Å². The Hall–Kier alpha value is -0.830. The predicted molar refractivity (Wildman–Crippen MR) is 83.5 cm³/mol. The molecule has 0 spiro atoms. The fourth-order valence-electron chi connectivity index (χ4n) is 2.76. The molecule has 1 saturated heterocycles. The minimum atomic E-state index is 0.543. The Morgan fingerprint density at radius 1 is 1.26 bits per heavy atom. The lowest BCUT2D eigenvalue weighted by Gasteiger charge is -2.16. The van der Waals surface area contributed by atoms with E-state index in [2.05, 4.69) is 19.1 Å². The second-order valence-corrected chi connectivity index (χ2v) is 7.50. The van der Waals surface area contributed by atoms with Crippen LogP contribution in [0.3, 0.4) is 0 Å². The summed E-state index contributed by atoms with van der Waals surface area (Å²) in [5, 5.41) is 0.701. The van der Waals surface area contributed by atoms with E-state index in [4.69, 9.17) is 9.47 Å². The molecule has 1 aromatic carbocycles. The van der Waals surface area contributed by atoms with Crippen LogP contribution in [0.1, 0.15) is 43.4 Å². The van der Waals surface area contributed by atoms with Crippen LogP contribution in [-0.4, -0.2) is 25.7 Å². The monoisotopic (exact) mass is 281 g/mol. The minimum Gasteiger partial charge on any atom is -0.497 e. The molecule has 1 aromatic rings. The first-order valence-corrected chi connectivity index (χ1v) is 8.81. The summed E-state index contributed by atoms with van der Waals surface area (Å²) in [4.78, 5) is 0. The summed E-state index contributed by atoms with van der Waals surface area (Å²) in [6.45, 7) is 2.28. The van der Waals surface area contributed by atoms with Gasteiger partial charge in [-0.15, -0.1) is 0 Å². The van der Waals surface area contributed by atoms with Gasteiger partial charge in [-0.3, -0.25) is 0 Å². The molecule has 19 heavy (non-hydrogen) atoms. The van der Waals surface area contributed by atoms with Crippen LogP contribution in [0.15, 0.2) is 18.2 Å². The van der Waals surface area contributed by atoms with Crippen molar-refractivity contribution in [2.24, 2.45) is 0 Å². The van der Waals surface area contributed by atoms with Crippen LogP contribution >= 0.6 is 0 Å². The average Bonchev–Trinajstić information content (AvgIpc) is 2.92. The normalized spacial score (nSPS) is 22.5. The van der Waals surface area contributed by atoms with Crippen molar-refractivity contribution in [3.05, 3.63) is 23.8 Å². The first-order valence-electron chi connectivity index (χ1n) is 7.18. The molecule has 0 aromatic heterocycles. The summed E-state index contributed by atoms with van der Waals surface area (Å²) in [6.07, 6.45) is 5.34. The van der Waals surface area contributed by atoms with E-state index in [0.717, 1.165) is 11.5 Å². The van der Waals surface area contributed by atoms with Gasteiger partial charge in [-0.2, -0.15) is 0 Å². The highest BCUT2D eigenvalue weighted by Crippen LogP contribution is 2.42. The van der Waals surface area contributed by atoms with Crippen molar-refractivity contribution < 1.29 is 9.47 Å². The van der Waals surface area contributed by atoms with E-state index < -0.39 is 0 Å². The molecule has 1 aliphatic rings. The Morgan fingerprint density at radius 3 is 2.79 bits per heavy atom. The molecule has 2 rings (SSSR count). The van der Waals surface area contributed by atoms with Crippen LogP contribution in [0.25, 0.3) is 0 Å². The van der Waals surface area contributed by atoms with Crippen molar-refractivity contribution in [1.29, 1.82) is 0 Å². The zero-order chi connectivity index (χ0) is 13.7. The summed E-state index contributed by atoms with van der Waals surface area (Å²) in [5.74, 6) is 4.67. The van der Waals surface area contributed by atoms with Crippen LogP contribution in [-0.2, 0) is 10.9 Å². The maximum absolute atomic E-state index is 5.58. The smallest absolute Gasteiger partial charge is 0.147 e. The maximum Gasteiger partial charge on any atom is 0.147 e. The third-order valence-corrected chi connectivity index (χ3v) is 6.74. The largest absolute Gasteiger partial charge is 0.497 e. The molecule has 3 heteroatoms. The molecule has 106 valence electrons. The Balaban J connectivity index is 2.19. The Labute approximate surface area is 119 Å². The molecule has 0 saturated carbocycles. The van der Waals surface area contributed by atoms with Crippen LogP contribution in [0.4, 0.5) is 0 Å². The molecule has 2 nitrogen and oxygen atoms in total. The van der Waals surface area contributed by atoms with Gasteiger partial charge in [-0.05, 0) is 35.9 Å². The van der Waals surface area contributed by atoms with E-state index >= 15 is 0 Å². The molecule has 2 unspecified atom stereocenters. The van der Waals surface area contributed by atoms with Crippen LogP contribution in [0.5, 0.6) is 11.5 Å². The minimum absolute atomic E-state index is 0.543. The lowest BCUT2D eigenvalue weighted by atomic mass is 10.1. The molecule has 1 heterocycles. The van der Waals surface area contributed by atoms with Gasteiger partial charge in [0.1, 0.15) is 28.3 Å². The highest BCUT2D eigenvalue weighted by atomic mass is 32.2. The highest BCUT2D eigenvalue weighted by Gasteiger charge is 2.38. The van der Waals surface area contributed by atoms with E-state index in [1.165, 1.54) is 42.8 Å². The van der Waals surface area contributed by atoms with E-state index in [-0.39, 0.29) is 0 Å². The van der Waals surface area contributed by atoms with Gasteiger partial charge in [-0.1, -0.05) is 13.3 Å². The number of benzene rings is 1. The van der Waals surface area contributed by atoms with E-state index in [1.807, 2.05) is 6.07 Å². The lowest BCUT2D eigenvalue weighted by Crippen LogP contribution is -2.14. The van der Waals surface area contributed by atoms with Gasteiger partial charge in [0.05, 0.1) is 14.2 Å². The predicted octanol–water partition coefficient (Wildman–Crippen LogP) is 3.96. The molecular formula is C16H25O2S+. The van der Waals surface area contributed by atoms with Gasteiger partial charge >= 0.3 is 0 Å². The number of rotatable bonds is 6. The van der Waals surface area contributed by atoms with Crippen LogP contribution in [0.2, 0.25) is 0 Å². The van der Waals surface area contributed by atoms with Crippen molar-refractivity contribution in [2.45, 2.75) is 37.9 Å². The first kappa shape index (κ1) is 14.6. The topological polar surface area (TPSA) is 18.5 Å². The number of hydrogen-bond acceptors (Lipinski definition) is 2. The summed E-state index contributed by atoms with van der Waals surface area (Å²) in [5.41, 5.74) is 1.39. The maximum atomic E-state index is 5.58. The van der Waals surface area contributed by atoms with Crippen molar-refractivity contribution in [3.8, 4) is 11.5 Å². The molecule has 0 aliphatic carbocycles. The number of methoxy groups -OCH3 is 2. The van der Waals surface area contributed by atoms with Crippen molar-refractivity contribution >= 4 is 10.9 Å². The molecule has 0 amide bonds. The molecule has 2 atom stereocenters. The summed E-state index contributed by atoms with van der Waals surface area (Å²) in [6, 6.07) is 6.30. The van der Waals surface area contributed by atoms with Crippen molar-refractivity contribution in [1.82, 2.24) is 0 Å². The Bertz CT molecular complexity index is 406. The fourth-order valence-corrected chi connectivity index (χ4v) is 5.78. The van der Waals surface area contributed by atoms with Crippen molar-refractivity contribution in [3.63, 3.8) is 0 Å². The molecule has 0 bridgehead atoms. The molecular weight excluding hydrogens is 256 g/mol. The third kappa shape index (κ3) is 3.38. The van der Waals surface area contributed by atoms with Gasteiger partial charge in [0.15, 0.2) is 0 Å². The standard InChI is InChI=1S/C16H25O2S/c1-4-5-10-19-11-6-7-16(19)14-9-8-13(17-2)12-15(14)18-3/h8-9,12,16H,4-7,10-11H2,1-3H3/q+1. The quantitative estimate of drug-likeness (QED) is 0.735. The Kier molecular flexibility index (Phi) is 5.44. The first-order chi connectivity index (χ1) is 9.30. The van der Waals surface area contributed by atoms with Crippen LogP contribution < -0.4 is 9.47 Å². The second-order valence-electron chi connectivity index (χ2n) is 5.04. The molecule has 0 radical (unpaired) electrons. The van der Waals surface area contributed by atoms with E-state index in [9.17, 15) is 0 Å². The van der Waals surface area contributed by atoms with E-state index in [1.54, 1.807) is 14.2 Å². The molecule has 1 aliphatic heterocycles. The molecule has 0 N–H and O–H groups in total. The van der Waals surface area contributed by atoms with Crippen molar-refractivity contribution in [2.75, 3.05) is 25.7 Å². The fraction of sp³-hybridized carbons (Fsp3) is 0.625. The zero-order valence-electron chi connectivity index (χ0n) is 12.3. The summed E-state index contributed by atoms with van der Waals surface area (Å²) in [7, 11) is 4.01. The molecule has 1 fully saturated rings. The Morgan fingerprint density at radius 2 is 2.11 bits per heavy atom. The summed E-state index contributed by atoms with van der Waals surface area (Å²) >= 11 is 0. The second kappa shape index (κ2) is 7.09. The number of hydrogen-bond donors (Lipinski definition) is 0. The number of ether oxygens (including phenoxy) is 2. The van der Waals surface area contributed by atoms with Gasteiger partial charge < -0.3 is 9.47 Å². The lowest BCUT2D eigenvalue weighted by molar-refractivity contribution is 0.390. The summed E-state index contributed by atoms with van der Waals surface area (Å²) < 4.78 is 10.9. The SMILES string of the molecule is CCCC[S+]1CCCC1c1ccc(OC)cc1OC. The van der Waals surface area contributed by atoms with Gasteiger partial charge in [0.2, 0.25) is 0 Å². The third-order valence-electron chi connectivity index (χ3n) is 3.82. The highest BCUT2D eigenvalue weighted by molar-refractivity contribution is 7.97. The van der Waals surface area contributed by atoms with E-state index in [0.29, 0.717) is 16.1 Å². The van der Waals surface area contributed by atoms with Gasteiger partial charge in [0.25, 0.3) is 0 Å². The zero-order valence-corrected chi connectivity index (χ0v) is 13.1. The average molecular weight is 281 g/mol. The number of unbranched alkanes of at least 4 members (excludes halogenated alkanes) is 1. The van der Waals surface area contributed by atoms with Crippen LogP contribution in [0, 0.1) is 0 Å². The van der Waals surface area contributed by atoms with Gasteiger partial charge in [0, 0.05) is 18.1 Å².